The van der Waals surface area contributed by atoms with E-state index in [0.29, 0.717) is 19.7 Å². The van der Waals surface area contributed by atoms with Gasteiger partial charge in [-0.15, -0.1) is 5.92 Å². The molecular formula is C24H29NO2. The fourth-order valence-corrected chi connectivity index (χ4v) is 2.83. The highest BCUT2D eigenvalue weighted by Gasteiger charge is 2.25. The lowest BCUT2D eigenvalue weighted by Gasteiger charge is -2.27. The zero-order chi connectivity index (χ0) is 19.3. The highest BCUT2D eigenvalue weighted by Crippen LogP contribution is 2.15. The van der Waals surface area contributed by atoms with Crippen molar-refractivity contribution < 1.29 is 9.53 Å². The summed E-state index contributed by atoms with van der Waals surface area (Å²) >= 11 is 0. The van der Waals surface area contributed by atoms with Gasteiger partial charge in [-0.2, -0.15) is 0 Å². The van der Waals surface area contributed by atoms with Crippen LogP contribution >= 0.6 is 0 Å². The predicted molar refractivity (Wildman–Crippen MR) is 110 cm³/mol. The first kappa shape index (κ1) is 20.7. The van der Waals surface area contributed by atoms with E-state index in [2.05, 4.69) is 47.9 Å². The third kappa shape index (κ3) is 7.29. The van der Waals surface area contributed by atoms with Crippen molar-refractivity contribution in [2.24, 2.45) is 0 Å². The van der Waals surface area contributed by atoms with Gasteiger partial charge in [0.1, 0.15) is 0 Å². The zero-order valence-corrected chi connectivity index (χ0v) is 16.4. The molecule has 1 unspecified atom stereocenters. The van der Waals surface area contributed by atoms with Crippen LogP contribution in [0.25, 0.3) is 0 Å². The Morgan fingerprint density at radius 1 is 0.963 bits per heavy atom. The molecule has 0 aliphatic rings. The van der Waals surface area contributed by atoms with Crippen LogP contribution in [0.2, 0.25) is 0 Å². The molecule has 3 heteroatoms. The second-order valence-corrected chi connectivity index (χ2v) is 6.46. The lowest BCUT2D eigenvalue weighted by Crippen LogP contribution is -2.40. The standard InChI is InChI=1S/C24H29NO2/c1-3-5-6-13-18-23(24(26)27-4-2)25(19-21-14-9-7-10-15-21)20-22-16-11-8-12-17-22/h7-12,14-17,23H,3-6,19-20H2,1-2H3. The molecular weight excluding hydrogens is 334 g/mol. The molecule has 2 aromatic carbocycles. The average Bonchev–Trinajstić information content (AvgIpc) is 2.69. The van der Waals surface area contributed by atoms with Crippen molar-refractivity contribution in [3.63, 3.8) is 0 Å². The van der Waals surface area contributed by atoms with Crippen LogP contribution in [0.3, 0.4) is 0 Å². The SMILES string of the molecule is CCCCC#CC(C(=O)OCC)N(Cc1ccccc1)Cc1ccccc1. The minimum atomic E-state index is -0.567. The normalized spacial score (nSPS) is 11.5. The van der Waals surface area contributed by atoms with Crippen molar-refractivity contribution in [3.05, 3.63) is 71.8 Å². The lowest BCUT2D eigenvalue weighted by molar-refractivity contribution is -0.147. The molecule has 2 rings (SSSR count). The van der Waals surface area contributed by atoms with E-state index in [1.807, 2.05) is 43.3 Å². The molecule has 3 nitrogen and oxygen atoms in total. The largest absolute Gasteiger partial charge is 0.464 e. The van der Waals surface area contributed by atoms with Crippen LogP contribution < -0.4 is 0 Å². The van der Waals surface area contributed by atoms with E-state index in [1.165, 1.54) is 0 Å². The van der Waals surface area contributed by atoms with E-state index >= 15 is 0 Å². The van der Waals surface area contributed by atoms with Gasteiger partial charge >= 0.3 is 5.97 Å². The molecule has 0 radical (unpaired) electrons. The molecule has 0 N–H and O–H groups in total. The number of ether oxygens (including phenoxy) is 1. The van der Waals surface area contributed by atoms with Gasteiger partial charge in [0.2, 0.25) is 0 Å². The maximum absolute atomic E-state index is 12.7. The summed E-state index contributed by atoms with van der Waals surface area (Å²) in [7, 11) is 0. The lowest BCUT2D eigenvalue weighted by atomic mass is 10.1. The summed E-state index contributed by atoms with van der Waals surface area (Å²) in [6.45, 7) is 5.61. The van der Waals surface area contributed by atoms with Gasteiger partial charge in [-0.25, -0.2) is 4.79 Å². The number of carbonyl (C=O) groups is 1. The van der Waals surface area contributed by atoms with Crippen molar-refractivity contribution in [2.45, 2.75) is 52.2 Å². The van der Waals surface area contributed by atoms with Gasteiger partial charge in [0.25, 0.3) is 0 Å². The van der Waals surface area contributed by atoms with Crippen molar-refractivity contribution >= 4 is 5.97 Å². The van der Waals surface area contributed by atoms with E-state index in [0.717, 1.165) is 30.4 Å². The Balaban J connectivity index is 2.28. The van der Waals surface area contributed by atoms with Crippen LogP contribution in [0.1, 0.15) is 44.2 Å². The van der Waals surface area contributed by atoms with E-state index in [-0.39, 0.29) is 5.97 Å². The first-order chi connectivity index (χ1) is 13.2. The minimum Gasteiger partial charge on any atom is -0.464 e. The van der Waals surface area contributed by atoms with Gasteiger partial charge in [0.15, 0.2) is 6.04 Å². The Bertz CT molecular complexity index is 690. The Morgan fingerprint density at radius 3 is 2.00 bits per heavy atom. The van der Waals surface area contributed by atoms with Crippen LogP contribution in [0.5, 0.6) is 0 Å². The van der Waals surface area contributed by atoms with Crippen LogP contribution in [0.15, 0.2) is 60.7 Å². The first-order valence-electron chi connectivity index (χ1n) is 9.71. The smallest absolute Gasteiger partial charge is 0.335 e. The van der Waals surface area contributed by atoms with Crippen molar-refractivity contribution in [2.75, 3.05) is 6.61 Å². The summed E-state index contributed by atoms with van der Waals surface area (Å²) in [4.78, 5) is 14.8. The molecule has 0 aliphatic carbocycles. The molecule has 27 heavy (non-hydrogen) atoms. The number of benzene rings is 2. The first-order valence-corrected chi connectivity index (χ1v) is 9.71. The summed E-state index contributed by atoms with van der Waals surface area (Å²) < 4.78 is 5.33. The third-order valence-corrected chi connectivity index (χ3v) is 4.23. The van der Waals surface area contributed by atoms with Gasteiger partial charge in [0.05, 0.1) is 6.61 Å². The molecule has 0 saturated carbocycles. The van der Waals surface area contributed by atoms with Crippen LogP contribution in [-0.2, 0) is 22.6 Å². The molecule has 0 bridgehead atoms. The predicted octanol–water partition coefficient (Wildman–Crippen LogP) is 4.81. The molecule has 2 aromatic rings. The van der Waals surface area contributed by atoms with Crippen LogP contribution in [-0.4, -0.2) is 23.5 Å². The summed E-state index contributed by atoms with van der Waals surface area (Å²) in [5, 5.41) is 0. The van der Waals surface area contributed by atoms with Crippen LogP contribution in [0, 0.1) is 11.8 Å². The molecule has 0 aliphatic heterocycles. The third-order valence-electron chi connectivity index (χ3n) is 4.23. The van der Waals surface area contributed by atoms with Crippen molar-refractivity contribution in [1.29, 1.82) is 0 Å². The van der Waals surface area contributed by atoms with Crippen LogP contribution in [0.4, 0.5) is 0 Å². The van der Waals surface area contributed by atoms with Gasteiger partial charge in [0, 0.05) is 19.5 Å². The molecule has 0 aromatic heterocycles. The number of hydrogen-bond donors (Lipinski definition) is 0. The Hall–Kier alpha value is -2.57. The highest BCUT2D eigenvalue weighted by molar-refractivity contribution is 5.79. The number of esters is 1. The van der Waals surface area contributed by atoms with Crippen molar-refractivity contribution in [3.8, 4) is 11.8 Å². The van der Waals surface area contributed by atoms with E-state index < -0.39 is 6.04 Å². The quantitative estimate of drug-likeness (QED) is 0.364. The Kier molecular flexibility index (Phi) is 9.17. The number of unbranched alkanes of at least 4 members (excludes halogenated alkanes) is 2. The topological polar surface area (TPSA) is 29.5 Å². The second kappa shape index (κ2) is 11.9. The molecule has 0 heterocycles. The molecule has 0 amide bonds. The van der Waals surface area contributed by atoms with E-state index in [9.17, 15) is 4.79 Å². The summed E-state index contributed by atoms with van der Waals surface area (Å²) in [5.41, 5.74) is 2.30. The van der Waals surface area contributed by atoms with Gasteiger partial charge in [-0.3, -0.25) is 4.90 Å². The number of rotatable bonds is 9. The van der Waals surface area contributed by atoms with E-state index in [4.69, 9.17) is 4.74 Å². The second-order valence-electron chi connectivity index (χ2n) is 6.46. The summed E-state index contributed by atoms with van der Waals surface area (Å²) in [5.74, 6) is 6.10. The van der Waals surface area contributed by atoms with Crippen molar-refractivity contribution in [1.82, 2.24) is 4.90 Å². The fourth-order valence-electron chi connectivity index (χ4n) is 2.83. The maximum atomic E-state index is 12.7. The number of nitrogens with zero attached hydrogens (tertiary/aromatic N) is 1. The minimum absolute atomic E-state index is 0.270. The van der Waals surface area contributed by atoms with Gasteiger partial charge < -0.3 is 4.74 Å². The summed E-state index contributed by atoms with van der Waals surface area (Å²) in [6.07, 6.45) is 2.94. The highest BCUT2D eigenvalue weighted by atomic mass is 16.5. The molecule has 1 atom stereocenters. The number of hydrogen-bond acceptors (Lipinski definition) is 3. The average molecular weight is 364 g/mol. The molecule has 0 saturated heterocycles. The zero-order valence-electron chi connectivity index (χ0n) is 16.4. The Morgan fingerprint density at radius 2 is 1.52 bits per heavy atom. The monoisotopic (exact) mass is 363 g/mol. The van der Waals surface area contributed by atoms with Gasteiger partial charge in [-0.1, -0.05) is 79.9 Å². The molecule has 0 spiro atoms. The number of carbonyl (C=O) groups excluding carboxylic acids is 1. The van der Waals surface area contributed by atoms with Gasteiger partial charge in [-0.05, 0) is 24.5 Å². The molecule has 0 fully saturated rings. The maximum Gasteiger partial charge on any atom is 0.335 e. The Labute approximate surface area is 163 Å². The van der Waals surface area contributed by atoms with E-state index in [1.54, 1.807) is 0 Å². The fraction of sp³-hybridized carbons (Fsp3) is 0.375. The molecule has 142 valence electrons. The summed E-state index contributed by atoms with van der Waals surface area (Å²) in [6, 6.07) is 19.8.